The molecule has 4 rings (SSSR count). The molecule has 0 aliphatic carbocycles. The number of rotatable bonds is 8. The lowest BCUT2D eigenvalue weighted by Crippen LogP contribution is -2.55. The summed E-state index contributed by atoms with van der Waals surface area (Å²) in [5.41, 5.74) is 0.743. The number of benzene rings is 1. The Bertz CT molecular complexity index is 1180. The molecule has 2 fully saturated rings. The third kappa shape index (κ3) is 7.88. The summed E-state index contributed by atoms with van der Waals surface area (Å²) in [6.07, 6.45) is 0.724. The second kappa shape index (κ2) is 12.1. The molecule has 4 amide bonds. The topological polar surface area (TPSA) is 106 Å². The van der Waals surface area contributed by atoms with Gasteiger partial charge in [-0.2, -0.15) is 0 Å². The van der Waals surface area contributed by atoms with Crippen LogP contribution in [0.2, 0.25) is 25.7 Å². The van der Waals surface area contributed by atoms with Crippen molar-refractivity contribution in [2.45, 2.75) is 96.9 Å². The third-order valence-electron chi connectivity index (χ3n) is 7.56. The van der Waals surface area contributed by atoms with Crippen LogP contribution in [0, 0.1) is 5.92 Å². The minimum absolute atomic E-state index is 0.0776. The Morgan fingerprint density at radius 1 is 1.10 bits per heavy atom. The molecule has 3 heterocycles. The molecule has 3 aliphatic heterocycles. The van der Waals surface area contributed by atoms with E-state index in [1.165, 1.54) is 0 Å². The Morgan fingerprint density at radius 2 is 1.83 bits per heavy atom. The van der Waals surface area contributed by atoms with Gasteiger partial charge >= 0.3 is 6.09 Å². The van der Waals surface area contributed by atoms with E-state index in [2.05, 4.69) is 26.6 Å². The van der Waals surface area contributed by atoms with Gasteiger partial charge in [-0.05, 0) is 69.3 Å². The van der Waals surface area contributed by atoms with Crippen molar-refractivity contribution in [1.82, 2.24) is 14.7 Å². The van der Waals surface area contributed by atoms with Crippen molar-refractivity contribution in [3.63, 3.8) is 0 Å². The molecule has 1 aromatic rings. The smallest absolute Gasteiger partial charge is 0.410 e. The lowest BCUT2D eigenvalue weighted by molar-refractivity contribution is -0.158. The highest BCUT2D eigenvalue weighted by molar-refractivity contribution is 6.76. The summed E-state index contributed by atoms with van der Waals surface area (Å²) in [4.78, 5) is 56.2. The fourth-order valence-corrected chi connectivity index (χ4v) is 6.23. The maximum Gasteiger partial charge on any atom is 0.410 e. The van der Waals surface area contributed by atoms with Crippen molar-refractivity contribution >= 4 is 31.9 Å². The second-order valence-corrected chi connectivity index (χ2v) is 19.4. The SMILES string of the molecule is C[C@H]1C[C@H](Oc2ccc3c(c2)CN(C2CCC(=O)N(COCC[Si](C)(C)C)C2=O)C3=O)CN(C(=O)OC(C)(C)C)C1. The first-order chi connectivity index (χ1) is 19.1. The van der Waals surface area contributed by atoms with E-state index >= 15 is 0 Å². The van der Waals surface area contributed by atoms with E-state index < -0.39 is 19.7 Å². The van der Waals surface area contributed by atoms with Gasteiger partial charge in [0.2, 0.25) is 5.91 Å². The van der Waals surface area contributed by atoms with E-state index in [-0.39, 0.29) is 55.5 Å². The number of nitrogens with zero attached hydrogens (tertiary/aromatic N) is 3. The standard InChI is InChI=1S/C30H45N3O7Si/c1-20-14-23(18-31(16-20)29(37)40-30(2,3)4)39-22-8-9-24-21(15-22)17-32(27(24)35)25-10-11-26(34)33(28(25)36)19-38-12-13-41(5,6)7/h8-9,15,20,23,25H,10-14,16-19H2,1-7H3/t20-,23-,25?/m0/s1. The summed E-state index contributed by atoms with van der Waals surface area (Å²) in [5.74, 6) is -0.00717. The van der Waals surface area contributed by atoms with E-state index in [0.717, 1.165) is 22.9 Å². The number of piperidine rings is 2. The average molecular weight is 588 g/mol. The largest absolute Gasteiger partial charge is 0.489 e. The van der Waals surface area contributed by atoms with Gasteiger partial charge in [0.15, 0.2) is 0 Å². The zero-order valence-electron chi connectivity index (χ0n) is 25.5. The van der Waals surface area contributed by atoms with Crippen molar-refractivity contribution in [1.29, 1.82) is 0 Å². The lowest BCUT2D eigenvalue weighted by atomic mass is 9.98. The number of hydrogen-bond acceptors (Lipinski definition) is 7. The van der Waals surface area contributed by atoms with Gasteiger partial charge in [-0.15, -0.1) is 0 Å². The van der Waals surface area contributed by atoms with Crippen LogP contribution in [0.1, 0.15) is 62.9 Å². The second-order valence-electron chi connectivity index (χ2n) is 13.8. The van der Waals surface area contributed by atoms with Gasteiger partial charge in [0.05, 0.1) is 6.54 Å². The molecule has 11 heteroatoms. The van der Waals surface area contributed by atoms with Gasteiger partial charge in [-0.1, -0.05) is 26.6 Å². The van der Waals surface area contributed by atoms with E-state index in [9.17, 15) is 19.2 Å². The molecular weight excluding hydrogens is 542 g/mol. The van der Waals surface area contributed by atoms with Crippen molar-refractivity contribution in [3.05, 3.63) is 29.3 Å². The fourth-order valence-electron chi connectivity index (χ4n) is 5.47. The minimum atomic E-state index is -1.30. The first-order valence-corrected chi connectivity index (χ1v) is 18.3. The molecule has 226 valence electrons. The van der Waals surface area contributed by atoms with Crippen molar-refractivity contribution in [2.75, 3.05) is 26.4 Å². The third-order valence-corrected chi connectivity index (χ3v) is 9.27. The molecule has 0 spiro atoms. The van der Waals surface area contributed by atoms with Crippen molar-refractivity contribution < 1.29 is 33.4 Å². The van der Waals surface area contributed by atoms with Crippen LogP contribution in [0.25, 0.3) is 0 Å². The van der Waals surface area contributed by atoms with E-state index in [1.54, 1.807) is 21.9 Å². The summed E-state index contributed by atoms with van der Waals surface area (Å²) in [5, 5.41) is 0. The molecule has 0 saturated carbocycles. The fraction of sp³-hybridized carbons (Fsp3) is 0.667. The van der Waals surface area contributed by atoms with Crippen LogP contribution in [0.5, 0.6) is 5.75 Å². The Kier molecular flexibility index (Phi) is 9.18. The highest BCUT2D eigenvalue weighted by atomic mass is 28.3. The number of ether oxygens (including phenoxy) is 3. The van der Waals surface area contributed by atoms with Crippen LogP contribution >= 0.6 is 0 Å². The molecule has 1 aromatic carbocycles. The number of carbonyl (C=O) groups excluding carboxylic acids is 4. The summed E-state index contributed by atoms with van der Waals surface area (Å²) >= 11 is 0. The maximum atomic E-state index is 13.3. The zero-order valence-corrected chi connectivity index (χ0v) is 26.5. The Balaban J connectivity index is 1.39. The van der Waals surface area contributed by atoms with Gasteiger partial charge in [0.1, 0.15) is 30.2 Å². The normalized spacial score (nSPS) is 23.6. The van der Waals surface area contributed by atoms with Gasteiger partial charge in [-0.25, -0.2) is 4.79 Å². The summed E-state index contributed by atoms with van der Waals surface area (Å²) in [6.45, 7) is 16.1. The first-order valence-electron chi connectivity index (χ1n) is 14.6. The Labute approximate surface area is 244 Å². The molecule has 3 atom stereocenters. The van der Waals surface area contributed by atoms with Gasteiger partial charge in [0, 0.05) is 39.8 Å². The predicted molar refractivity (Wildman–Crippen MR) is 156 cm³/mol. The molecule has 0 radical (unpaired) electrons. The maximum absolute atomic E-state index is 13.3. The van der Waals surface area contributed by atoms with Gasteiger partial charge in [0.25, 0.3) is 11.8 Å². The van der Waals surface area contributed by atoms with E-state index in [4.69, 9.17) is 14.2 Å². The number of carbonyl (C=O) groups is 4. The molecular formula is C30H45N3O7Si. The quantitative estimate of drug-likeness (QED) is 0.251. The van der Waals surface area contributed by atoms with E-state index in [0.29, 0.717) is 37.4 Å². The van der Waals surface area contributed by atoms with Crippen LogP contribution in [0.4, 0.5) is 4.79 Å². The monoisotopic (exact) mass is 587 g/mol. The van der Waals surface area contributed by atoms with Crippen molar-refractivity contribution in [2.24, 2.45) is 5.92 Å². The predicted octanol–water partition coefficient (Wildman–Crippen LogP) is 4.50. The molecule has 0 bridgehead atoms. The minimum Gasteiger partial charge on any atom is -0.489 e. The number of amides is 4. The van der Waals surface area contributed by atoms with Crippen LogP contribution in [0.15, 0.2) is 18.2 Å². The van der Waals surface area contributed by atoms with Gasteiger partial charge < -0.3 is 24.0 Å². The lowest BCUT2D eigenvalue weighted by Gasteiger charge is -2.37. The first kappa shape index (κ1) is 31.0. The molecule has 1 unspecified atom stereocenters. The van der Waals surface area contributed by atoms with Crippen LogP contribution in [-0.4, -0.2) is 90.8 Å². The summed E-state index contributed by atoms with van der Waals surface area (Å²) in [6, 6.07) is 5.58. The molecule has 2 saturated heterocycles. The molecule has 0 N–H and O–H groups in total. The van der Waals surface area contributed by atoms with Crippen LogP contribution in [0.3, 0.4) is 0 Å². The number of likely N-dealkylation sites (tertiary alicyclic amines) is 2. The van der Waals surface area contributed by atoms with Crippen LogP contribution in [-0.2, 0) is 25.6 Å². The van der Waals surface area contributed by atoms with Gasteiger partial charge in [-0.3, -0.25) is 19.3 Å². The number of fused-ring (bicyclic) bond motifs is 1. The summed E-state index contributed by atoms with van der Waals surface area (Å²) in [7, 11) is -1.30. The van der Waals surface area contributed by atoms with Crippen LogP contribution < -0.4 is 4.74 Å². The molecule has 3 aliphatic rings. The molecule has 41 heavy (non-hydrogen) atoms. The summed E-state index contributed by atoms with van der Waals surface area (Å²) < 4.78 is 17.6. The number of imide groups is 1. The average Bonchev–Trinajstić information content (AvgIpc) is 3.16. The van der Waals surface area contributed by atoms with Crippen molar-refractivity contribution in [3.8, 4) is 5.75 Å². The number of hydrogen-bond donors (Lipinski definition) is 0. The zero-order chi connectivity index (χ0) is 30.1. The van der Waals surface area contributed by atoms with E-state index in [1.807, 2.05) is 26.8 Å². The molecule has 10 nitrogen and oxygen atoms in total. The molecule has 0 aromatic heterocycles. The highest BCUT2D eigenvalue weighted by Crippen LogP contribution is 2.32. The Hall–Kier alpha value is -2.92. The Morgan fingerprint density at radius 3 is 2.51 bits per heavy atom. The highest BCUT2D eigenvalue weighted by Gasteiger charge is 2.43.